The van der Waals surface area contributed by atoms with Crippen LogP contribution >= 0.6 is 11.6 Å². The topological polar surface area (TPSA) is 41.1 Å². The van der Waals surface area contributed by atoms with Crippen LogP contribution in [0, 0.1) is 5.92 Å². The Kier molecular flexibility index (Phi) is 4.48. The number of benzene rings is 1. The molecule has 1 fully saturated rings. The molecule has 1 aliphatic rings. The van der Waals surface area contributed by atoms with Crippen molar-refractivity contribution < 1.29 is 4.79 Å². The monoisotopic (exact) mass is 266 g/mol. The maximum Gasteiger partial charge on any atom is 0.253 e. The second-order valence-electron chi connectivity index (χ2n) is 4.73. The number of carbonyl (C=O) groups excluding carboxylic acids is 1. The molecule has 0 spiro atoms. The highest BCUT2D eigenvalue weighted by Gasteiger charge is 2.19. The van der Waals surface area contributed by atoms with E-state index in [9.17, 15) is 4.79 Å². The molecule has 0 bridgehead atoms. The first kappa shape index (κ1) is 13.2. The maximum absolute atomic E-state index is 12.1. The summed E-state index contributed by atoms with van der Waals surface area (Å²) in [5.74, 6) is 0.621. The smallest absolute Gasteiger partial charge is 0.253 e. The average molecular weight is 267 g/mol. The van der Waals surface area contributed by atoms with Crippen LogP contribution in [0.5, 0.6) is 0 Å². The number of hydrogen-bond acceptors (Lipinski definition) is 2. The van der Waals surface area contributed by atoms with Gasteiger partial charge in [-0.15, -0.1) is 0 Å². The quantitative estimate of drug-likeness (QED) is 0.859. The van der Waals surface area contributed by atoms with E-state index in [0.29, 0.717) is 16.5 Å². The highest BCUT2D eigenvalue weighted by molar-refractivity contribution is 6.31. The first-order valence-electron chi connectivity index (χ1n) is 6.52. The Hall–Kier alpha value is -1.22. The Labute approximate surface area is 113 Å². The first-order valence-corrected chi connectivity index (χ1v) is 6.90. The molecule has 0 aliphatic heterocycles. The molecule has 98 valence electrons. The standard InChI is InChI=1S/C14H19ClN2O/c1-2-16-13-7-6-11(15)8-12(13)14(18)17-9-10-4-3-5-10/h6-8,10,16H,2-5,9H2,1H3,(H,17,18). The number of anilines is 1. The Bertz CT molecular complexity index is 430. The van der Waals surface area contributed by atoms with E-state index in [1.54, 1.807) is 12.1 Å². The third-order valence-corrected chi connectivity index (χ3v) is 3.60. The van der Waals surface area contributed by atoms with Gasteiger partial charge < -0.3 is 10.6 Å². The van der Waals surface area contributed by atoms with Crippen LogP contribution in [0.1, 0.15) is 36.5 Å². The fourth-order valence-corrected chi connectivity index (χ4v) is 2.25. The molecule has 1 aromatic rings. The van der Waals surface area contributed by atoms with Gasteiger partial charge in [0.05, 0.1) is 5.56 Å². The summed E-state index contributed by atoms with van der Waals surface area (Å²) in [6.45, 7) is 3.56. The van der Waals surface area contributed by atoms with Gasteiger partial charge in [-0.2, -0.15) is 0 Å². The first-order chi connectivity index (χ1) is 8.70. The lowest BCUT2D eigenvalue weighted by Gasteiger charge is -2.25. The summed E-state index contributed by atoms with van der Waals surface area (Å²) < 4.78 is 0. The van der Waals surface area contributed by atoms with Gasteiger partial charge in [0.25, 0.3) is 5.91 Å². The predicted molar refractivity (Wildman–Crippen MR) is 75.3 cm³/mol. The van der Waals surface area contributed by atoms with Crippen LogP contribution in [0.15, 0.2) is 18.2 Å². The second-order valence-corrected chi connectivity index (χ2v) is 5.16. The number of hydrogen-bond donors (Lipinski definition) is 2. The van der Waals surface area contributed by atoms with Gasteiger partial charge in [-0.05, 0) is 43.9 Å². The summed E-state index contributed by atoms with van der Waals surface area (Å²) in [5.41, 5.74) is 1.47. The summed E-state index contributed by atoms with van der Waals surface area (Å²) >= 11 is 5.95. The fraction of sp³-hybridized carbons (Fsp3) is 0.500. The summed E-state index contributed by atoms with van der Waals surface area (Å²) in [7, 11) is 0. The lowest BCUT2D eigenvalue weighted by Crippen LogP contribution is -2.32. The van der Waals surface area contributed by atoms with Crippen molar-refractivity contribution in [3.63, 3.8) is 0 Å². The van der Waals surface area contributed by atoms with Crippen LogP contribution in [0.3, 0.4) is 0 Å². The molecule has 1 aliphatic carbocycles. The zero-order valence-electron chi connectivity index (χ0n) is 10.6. The Morgan fingerprint density at radius 2 is 2.22 bits per heavy atom. The summed E-state index contributed by atoms with van der Waals surface area (Å²) in [6.07, 6.45) is 3.76. The van der Waals surface area contributed by atoms with Crippen LogP contribution in [0.2, 0.25) is 5.02 Å². The second kappa shape index (κ2) is 6.10. The molecule has 18 heavy (non-hydrogen) atoms. The third kappa shape index (κ3) is 3.16. The lowest BCUT2D eigenvalue weighted by atomic mass is 9.85. The Balaban J connectivity index is 2.04. The number of rotatable bonds is 5. The van der Waals surface area contributed by atoms with E-state index < -0.39 is 0 Å². The maximum atomic E-state index is 12.1. The van der Waals surface area contributed by atoms with Crippen molar-refractivity contribution in [3.05, 3.63) is 28.8 Å². The van der Waals surface area contributed by atoms with Crippen LogP contribution in [-0.4, -0.2) is 19.0 Å². The van der Waals surface area contributed by atoms with Crippen molar-refractivity contribution in [1.29, 1.82) is 0 Å². The molecule has 0 aromatic heterocycles. The summed E-state index contributed by atoms with van der Waals surface area (Å²) in [6, 6.07) is 5.36. The van der Waals surface area contributed by atoms with Crippen LogP contribution in [-0.2, 0) is 0 Å². The Morgan fingerprint density at radius 3 is 2.83 bits per heavy atom. The summed E-state index contributed by atoms with van der Waals surface area (Å²) in [4.78, 5) is 12.1. The number of nitrogens with one attached hydrogen (secondary N) is 2. The van der Waals surface area contributed by atoms with Gasteiger partial charge in [0.1, 0.15) is 0 Å². The van der Waals surface area contributed by atoms with Crippen molar-refractivity contribution in [2.24, 2.45) is 5.92 Å². The molecule has 2 rings (SSSR count). The SMILES string of the molecule is CCNc1ccc(Cl)cc1C(=O)NCC1CCC1. The van der Waals surface area contributed by atoms with Gasteiger partial charge >= 0.3 is 0 Å². The van der Waals surface area contributed by atoms with E-state index in [4.69, 9.17) is 11.6 Å². The highest BCUT2D eigenvalue weighted by Crippen LogP contribution is 2.26. The summed E-state index contributed by atoms with van der Waals surface area (Å²) in [5, 5.41) is 6.76. The van der Waals surface area contributed by atoms with Crippen molar-refractivity contribution in [2.75, 3.05) is 18.4 Å². The molecule has 1 saturated carbocycles. The average Bonchev–Trinajstić information content (AvgIpc) is 2.29. The zero-order chi connectivity index (χ0) is 13.0. The minimum atomic E-state index is -0.0413. The molecule has 0 unspecified atom stereocenters. The van der Waals surface area contributed by atoms with Gasteiger partial charge in [-0.3, -0.25) is 4.79 Å². The molecule has 0 saturated heterocycles. The third-order valence-electron chi connectivity index (χ3n) is 3.37. The molecule has 4 heteroatoms. The van der Waals surface area contributed by atoms with Crippen LogP contribution < -0.4 is 10.6 Å². The fourth-order valence-electron chi connectivity index (χ4n) is 2.08. The van der Waals surface area contributed by atoms with Crippen molar-refractivity contribution >= 4 is 23.2 Å². The van der Waals surface area contributed by atoms with E-state index >= 15 is 0 Å². The van der Waals surface area contributed by atoms with Gasteiger partial charge in [0.2, 0.25) is 0 Å². The molecule has 0 atom stereocenters. The highest BCUT2D eigenvalue weighted by atomic mass is 35.5. The van der Waals surface area contributed by atoms with Gasteiger partial charge in [0, 0.05) is 23.8 Å². The molecular weight excluding hydrogens is 248 g/mol. The minimum absolute atomic E-state index is 0.0413. The molecule has 0 radical (unpaired) electrons. The number of carbonyl (C=O) groups is 1. The number of halogens is 1. The molecule has 3 nitrogen and oxygen atoms in total. The van der Waals surface area contributed by atoms with Gasteiger partial charge in [-0.1, -0.05) is 18.0 Å². The van der Waals surface area contributed by atoms with Crippen molar-refractivity contribution in [2.45, 2.75) is 26.2 Å². The lowest BCUT2D eigenvalue weighted by molar-refractivity contribution is 0.0940. The van der Waals surface area contributed by atoms with E-state index in [1.165, 1.54) is 19.3 Å². The molecular formula is C14H19ClN2O. The van der Waals surface area contributed by atoms with Gasteiger partial charge in [0.15, 0.2) is 0 Å². The molecule has 1 amide bonds. The number of amides is 1. The predicted octanol–water partition coefficient (Wildman–Crippen LogP) is 3.30. The van der Waals surface area contributed by atoms with E-state index in [-0.39, 0.29) is 5.91 Å². The molecule has 0 heterocycles. The van der Waals surface area contributed by atoms with E-state index in [2.05, 4.69) is 10.6 Å². The van der Waals surface area contributed by atoms with Crippen molar-refractivity contribution in [3.8, 4) is 0 Å². The molecule has 2 N–H and O–H groups in total. The van der Waals surface area contributed by atoms with Gasteiger partial charge in [-0.25, -0.2) is 0 Å². The van der Waals surface area contributed by atoms with E-state index in [1.807, 2.05) is 13.0 Å². The molecule has 1 aromatic carbocycles. The zero-order valence-corrected chi connectivity index (χ0v) is 11.4. The van der Waals surface area contributed by atoms with Crippen molar-refractivity contribution in [1.82, 2.24) is 5.32 Å². The largest absolute Gasteiger partial charge is 0.385 e. The van der Waals surface area contributed by atoms with E-state index in [0.717, 1.165) is 18.8 Å². The normalized spacial score (nSPS) is 15.0. The van der Waals surface area contributed by atoms with Crippen LogP contribution in [0.25, 0.3) is 0 Å². The Morgan fingerprint density at radius 1 is 1.44 bits per heavy atom. The minimum Gasteiger partial charge on any atom is -0.385 e. The van der Waals surface area contributed by atoms with Crippen LogP contribution in [0.4, 0.5) is 5.69 Å².